The molecule has 2 aliphatic carbocycles. The number of carbonyl (C=O) groups is 1. The van der Waals surface area contributed by atoms with Crippen LogP contribution >= 0.6 is 0 Å². The van der Waals surface area contributed by atoms with E-state index >= 15 is 0 Å². The Morgan fingerprint density at radius 3 is 2.50 bits per heavy atom. The first-order valence-corrected chi connectivity index (χ1v) is 7.59. The first-order valence-electron chi connectivity index (χ1n) is 7.59. The monoisotopic (exact) mass is 274 g/mol. The number of aliphatic carboxylic acids is 1. The van der Waals surface area contributed by atoms with Crippen molar-refractivity contribution in [2.45, 2.75) is 56.3 Å². The predicted octanol–water partition coefficient (Wildman–Crippen LogP) is 3.86. The summed E-state index contributed by atoms with van der Waals surface area (Å²) < 4.78 is 5.40. The number of carboxylic acid groups (broad SMARTS) is 1. The zero-order chi connectivity index (χ0) is 14.2. The van der Waals surface area contributed by atoms with Gasteiger partial charge >= 0.3 is 5.97 Å². The highest BCUT2D eigenvalue weighted by Crippen LogP contribution is 2.52. The third-order valence-corrected chi connectivity index (χ3v) is 4.98. The van der Waals surface area contributed by atoms with E-state index in [1.165, 1.54) is 37.7 Å². The van der Waals surface area contributed by atoms with Crippen molar-refractivity contribution in [1.29, 1.82) is 0 Å². The predicted molar refractivity (Wildman–Crippen MR) is 77.4 cm³/mol. The third-order valence-electron chi connectivity index (χ3n) is 4.98. The van der Waals surface area contributed by atoms with E-state index in [2.05, 4.69) is 12.1 Å². The quantitative estimate of drug-likeness (QED) is 0.907. The molecule has 3 heteroatoms. The maximum absolute atomic E-state index is 11.6. The molecule has 0 spiro atoms. The SMILES string of the molecule is COc1ccc(C2CCCCC2)cc1C1(C(=O)O)CC1. The first-order chi connectivity index (χ1) is 9.67. The fourth-order valence-electron chi connectivity index (χ4n) is 3.51. The van der Waals surface area contributed by atoms with E-state index in [-0.39, 0.29) is 0 Å². The number of methoxy groups -OCH3 is 1. The lowest BCUT2D eigenvalue weighted by molar-refractivity contribution is -0.140. The van der Waals surface area contributed by atoms with Crippen LogP contribution in [0.4, 0.5) is 0 Å². The summed E-state index contributed by atoms with van der Waals surface area (Å²) in [5, 5.41) is 9.52. The standard InChI is InChI=1S/C17H22O3/c1-20-15-8-7-13(12-5-3-2-4-6-12)11-14(15)17(9-10-17)16(18)19/h7-8,11-12H,2-6,9-10H2,1H3,(H,18,19). The van der Waals surface area contributed by atoms with E-state index in [9.17, 15) is 9.90 Å². The van der Waals surface area contributed by atoms with Crippen LogP contribution in [0.5, 0.6) is 5.75 Å². The summed E-state index contributed by atoms with van der Waals surface area (Å²) >= 11 is 0. The molecule has 0 aromatic heterocycles. The largest absolute Gasteiger partial charge is 0.496 e. The van der Waals surface area contributed by atoms with Crippen LogP contribution < -0.4 is 4.74 Å². The molecule has 20 heavy (non-hydrogen) atoms. The topological polar surface area (TPSA) is 46.5 Å². The third kappa shape index (κ3) is 2.19. The molecule has 3 rings (SSSR count). The molecule has 1 N–H and O–H groups in total. The van der Waals surface area contributed by atoms with Crippen LogP contribution in [0.2, 0.25) is 0 Å². The van der Waals surface area contributed by atoms with E-state index in [1.807, 2.05) is 6.07 Å². The molecular weight excluding hydrogens is 252 g/mol. The fourth-order valence-corrected chi connectivity index (χ4v) is 3.51. The molecule has 0 radical (unpaired) electrons. The number of ether oxygens (including phenoxy) is 1. The number of rotatable bonds is 4. The van der Waals surface area contributed by atoms with Crippen LogP contribution in [0.1, 0.15) is 62.0 Å². The molecule has 0 saturated heterocycles. The van der Waals surface area contributed by atoms with Crippen LogP contribution in [0.25, 0.3) is 0 Å². The van der Waals surface area contributed by atoms with Gasteiger partial charge < -0.3 is 9.84 Å². The van der Waals surface area contributed by atoms with Crippen molar-refractivity contribution in [2.75, 3.05) is 7.11 Å². The number of hydrogen-bond acceptors (Lipinski definition) is 2. The molecule has 2 saturated carbocycles. The smallest absolute Gasteiger partial charge is 0.314 e. The molecule has 2 aliphatic rings. The minimum atomic E-state index is -0.711. The van der Waals surface area contributed by atoms with Crippen LogP contribution in [0.15, 0.2) is 18.2 Å². The van der Waals surface area contributed by atoms with Crippen LogP contribution in [0.3, 0.4) is 0 Å². The average molecular weight is 274 g/mol. The second-order valence-electron chi connectivity index (χ2n) is 6.18. The van der Waals surface area contributed by atoms with Crippen molar-refractivity contribution in [1.82, 2.24) is 0 Å². The Morgan fingerprint density at radius 1 is 1.25 bits per heavy atom. The molecular formula is C17H22O3. The van der Waals surface area contributed by atoms with E-state index in [0.29, 0.717) is 5.92 Å². The number of hydrogen-bond donors (Lipinski definition) is 1. The highest BCUT2D eigenvalue weighted by molar-refractivity contribution is 5.86. The van der Waals surface area contributed by atoms with Gasteiger partial charge in [-0.2, -0.15) is 0 Å². The lowest BCUT2D eigenvalue weighted by atomic mass is 9.82. The molecule has 0 unspecified atom stereocenters. The molecule has 0 aliphatic heterocycles. The molecule has 0 atom stereocenters. The Bertz CT molecular complexity index is 511. The van der Waals surface area contributed by atoms with Gasteiger partial charge in [0.05, 0.1) is 12.5 Å². The normalized spacial score (nSPS) is 21.4. The van der Waals surface area contributed by atoms with Crippen molar-refractivity contribution in [2.24, 2.45) is 0 Å². The minimum absolute atomic E-state index is 0.595. The summed E-state index contributed by atoms with van der Waals surface area (Å²) in [6.07, 6.45) is 7.82. The summed E-state index contributed by atoms with van der Waals surface area (Å²) in [6, 6.07) is 6.19. The van der Waals surface area contributed by atoms with Gasteiger partial charge in [0.25, 0.3) is 0 Å². The van der Waals surface area contributed by atoms with Crippen molar-refractivity contribution in [3.05, 3.63) is 29.3 Å². The Balaban J connectivity index is 1.97. The van der Waals surface area contributed by atoms with Crippen molar-refractivity contribution in [3.8, 4) is 5.75 Å². The van der Waals surface area contributed by atoms with Crippen molar-refractivity contribution in [3.63, 3.8) is 0 Å². The second kappa shape index (κ2) is 5.12. The van der Waals surface area contributed by atoms with Gasteiger partial charge in [-0.25, -0.2) is 0 Å². The summed E-state index contributed by atoms with van der Waals surface area (Å²) in [4.78, 5) is 11.6. The van der Waals surface area contributed by atoms with Gasteiger partial charge in [0.1, 0.15) is 5.75 Å². The van der Waals surface area contributed by atoms with Gasteiger partial charge in [-0.15, -0.1) is 0 Å². The van der Waals surface area contributed by atoms with Gasteiger partial charge in [0.2, 0.25) is 0 Å². The van der Waals surface area contributed by atoms with Crippen LogP contribution in [-0.2, 0) is 10.2 Å². The van der Waals surface area contributed by atoms with Gasteiger partial charge in [0, 0.05) is 5.56 Å². The lowest BCUT2D eigenvalue weighted by Gasteiger charge is -2.24. The fraction of sp³-hybridized carbons (Fsp3) is 0.588. The maximum Gasteiger partial charge on any atom is 0.314 e. The zero-order valence-corrected chi connectivity index (χ0v) is 12.0. The molecule has 0 heterocycles. The molecule has 108 valence electrons. The van der Waals surface area contributed by atoms with E-state index in [1.54, 1.807) is 7.11 Å². The van der Waals surface area contributed by atoms with E-state index in [0.717, 1.165) is 24.2 Å². The lowest BCUT2D eigenvalue weighted by Crippen LogP contribution is -2.21. The second-order valence-corrected chi connectivity index (χ2v) is 6.18. The molecule has 1 aromatic carbocycles. The Kier molecular flexibility index (Phi) is 3.45. The molecule has 1 aromatic rings. The summed E-state index contributed by atoms with van der Waals surface area (Å²) in [5.41, 5.74) is 1.50. The number of carboxylic acids is 1. The minimum Gasteiger partial charge on any atom is -0.496 e. The average Bonchev–Trinajstić information content (AvgIpc) is 3.29. The first kappa shape index (κ1) is 13.5. The summed E-state index contributed by atoms with van der Waals surface area (Å²) in [6.45, 7) is 0. The van der Waals surface area contributed by atoms with E-state index in [4.69, 9.17) is 4.74 Å². The molecule has 0 amide bonds. The van der Waals surface area contributed by atoms with Gasteiger partial charge in [-0.1, -0.05) is 31.4 Å². The Hall–Kier alpha value is -1.51. The highest BCUT2D eigenvalue weighted by Gasteiger charge is 2.53. The molecule has 2 fully saturated rings. The van der Waals surface area contributed by atoms with E-state index < -0.39 is 11.4 Å². The van der Waals surface area contributed by atoms with Crippen molar-refractivity contribution >= 4 is 5.97 Å². The van der Waals surface area contributed by atoms with Crippen LogP contribution in [-0.4, -0.2) is 18.2 Å². The summed E-state index contributed by atoms with van der Waals surface area (Å²) in [5.74, 6) is 0.610. The Morgan fingerprint density at radius 2 is 1.95 bits per heavy atom. The van der Waals surface area contributed by atoms with Gasteiger partial charge in [-0.05, 0) is 43.2 Å². The Labute approximate surface area is 120 Å². The summed E-state index contributed by atoms with van der Waals surface area (Å²) in [7, 11) is 1.62. The zero-order valence-electron chi connectivity index (χ0n) is 12.0. The van der Waals surface area contributed by atoms with Gasteiger partial charge in [0.15, 0.2) is 0 Å². The highest BCUT2D eigenvalue weighted by atomic mass is 16.5. The van der Waals surface area contributed by atoms with Crippen molar-refractivity contribution < 1.29 is 14.6 Å². The molecule has 3 nitrogen and oxygen atoms in total. The number of benzene rings is 1. The molecule has 0 bridgehead atoms. The maximum atomic E-state index is 11.6. The van der Waals surface area contributed by atoms with Gasteiger partial charge in [-0.3, -0.25) is 4.79 Å². The van der Waals surface area contributed by atoms with Crippen LogP contribution in [0, 0.1) is 0 Å².